The maximum Gasteiger partial charge on any atom is 0.0900 e. The number of likely N-dealkylation sites (N-methyl/N-ethyl adjacent to an activating group) is 1. The SMILES string of the molecule is COCC(C)OCC(O)CN1CCC(N(C)C)C1. The number of β-amino-alcohol motifs (C(OH)–C–C–N with tert-alkyl or cyclic N) is 1. The Morgan fingerprint density at radius 2 is 2.11 bits per heavy atom. The van der Waals surface area contributed by atoms with Crippen LogP contribution in [0.15, 0.2) is 0 Å². The van der Waals surface area contributed by atoms with E-state index in [0.29, 0.717) is 25.8 Å². The van der Waals surface area contributed by atoms with Gasteiger partial charge in [0.05, 0.1) is 25.4 Å². The van der Waals surface area contributed by atoms with Crippen molar-refractivity contribution in [1.29, 1.82) is 0 Å². The number of rotatable bonds is 8. The third-order valence-corrected chi connectivity index (χ3v) is 3.42. The number of hydrogen-bond donors (Lipinski definition) is 1. The molecule has 1 aliphatic heterocycles. The molecule has 3 atom stereocenters. The zero-order valence-electron chi connectivity index (χ0n) is 12.1. The van der Waals surface area contributed by atoms with Crippen molar-refractivity contribution in [3.8, 4) is 0 Å². The molecule has 0 saturated carbocycles. The minimum atomic E-state index is -0.412. The number of ether oxygens (including phenoxy) is 2. The van der Waals surface area contributed by atoms with Gasteiger partial charge in [0, 0.05) is 26.2 Å². The van der Waals surface area contributed by atoms with Gasteiger partial charge in [0.15, 0.2) is 0 Å². The van der Waals surface area contributed by atoms with Crippen molar-refractivity contribution in [3.63, 3.8) is 0 Å². The lowest BCUT2D eigenvalue weighted by molar-refractivity contribution is -0.0385. The highest BCUT2D eigenvalue weighted by Gasteiger charge is 2.25. The molecule has 1 aliphatic rings. The second-order valence-electron chi connectivity index (χ2n) is 5.42. The Kier molecular flexibility index (Phi) is 7.11. The first kappa shape index (κ1) is 15.9. The Morgan fingerprint density at radius 1 is 1.39 bits per heavy atom. The van der Waals surface area contributed by atoms with Crippen molar-refractivity contribution in [2.24, 2.45) is 0 Å². The molecule has 108 valence electrons. The summed E-state index contributed by atoms with van der Waals surface area (Å²) in [6.45, 7) is 5.70. The summed E-state index contributed by atoms with van der Waals surface area (Å²) in [6, 6.07) is 0.616. The van der Waals surface area contributed by atoms with Gasteiger partial charge in [-0.3, -0.25) is 4.90 Å². The van der Waals surface area contributed by atoms with Gasteiger partial charge in [0.1, 0.15) is 0 Å². The van der Waals surface area contributed by atoms with E-state index in [0.717, 1.165) is 13.1 Å². The molecule has 0 bridgehead atoms. The number of likely N-dealkylation sites (tertiary alicyclic amines) is 1. The summed E-state index contributed by atoms with van der Waals surface area (Å²) in [5, 5.41) is 9.93. The molecule has 5 heteroatoms. The monoisotopic (exact) mass is 260 g/mol. The molecule has 0 aliphatic carbocycles. The summed E-state index contributed by atoms with van der Waals surface area (Å²) >= 11 is 0. The fourth-order valence-electron chi connectivity index (χ4n) is 2.31. The number of hydrogen-bond acceptors (Lipinski definition) is 5. The van der Waals surface area contributed by atoms with Gasteiger partial charge in [0.2, 0.25) is 0 Å². The van der Waals surface area contributed by atoms with E-state index in [1.54, 1.807) is 7.11 Å². The van der Waals surface area contributed by atoms with Crippen LogP contribution >= 0.6 is 0 Å². The van der Waals surface area contributed by atoms with Gasteiger partial charge < -0.3 is 19.5 Å². The van der Waals surface area contributed by atoms with E-state index in [1.165, 1.54) is 6.42 Å². The Morgan fingerprint density at radius 3 is 2.67 bits per heavy atom. The highest BCUT2D eigenvalue weighted by Crippen LogP contribution is 2.13. The molecule has 0 amide bonds. The molecule has 3 unspecified atom stereocenters. The van der Waals surface area contributed by atoms with Crippen molar-refractivity contribution in [2.45, 2.75) is 31.6 Å². The molecule has 18 heavy (non-hydrogen) atoms. The Labute approximate surface area is 111 Å². The van der Waals surface area contributed by atoms with Crippen molar-refractivity contribution in [2.75, 3.05) is 54.1 Å². The molecule has 0 aromatic carbocycles. The fraction of sp³-hybridized carbons (Fsp3) is 1.00. The smallest absolute Gasteiger partial charge is 0.0900 e. The van der Waals surface area contributed by atoms with Gasteiger partial charge in [-0.15, -0.1) is 0 Å². The van der Waals surface area contributed by atoms with Crippen molar-refractivity contribution < 1.29 is 14.6 Å². The largest absolute Gasteiger partial charge is 0.389 e. The zero-order valence-corrected chi connectivity index (χ0v) is 12.1. The van der Waals surface area contributed by atoms with Gasteiger partial charge in [-0.05, 0) is 34.0 Å². The van der Waals surface area contributed by atoms with Crippen LogP contribution in [0.2, 0.25) is 0 Å². The maximum absolute atomic E-state index is 9.93. The molecule has 0 aromatic heterocycles. The molecule has 1 saturated heterocycles. The zero-order chi connectivity index (χ0) is 13.5. The van der Waals surface area contributed by atoms with Crippen LogP contribution in [0.4, 0.5) is 0 Å². The lowest BCUT2D eigenvalue weighted by atomic mass is 10.2. The molecule has 0 radical (unpaired) electrons. The van der Waals surface area contributed by atoms with Crippen molar-refractivity contribution in [1.82, 2.24) is 9.80 Å². The lowest BCUT2D eigenvalue weighted by Gasteiger charge is -2.23. The van der Waals surface area contributed by atoms with Crippen LogP contribution < -0.4 is 0 Å². The molecule has 1 rings (SSSR count). The van der Waals surface area contributed by atoms with Crippen LogP contribution in [0.25, 0.3) is 0 Å². The van der Waals surface area contributed by atoms with Crippen LogP contribution in [0, 0.1) is 0 Å². The van der Waals surface area contributed by atoms with Gasteiger partial charge in [-0.25, -0.2) is 0 Å². The summed E-state index contributed by atoms with van der Waals surface area (Å²) in [5.41, 5.74) is 0. The van der Waals surface area contributed by atoms with Crippen molar-refractivity contribution in [3.05, 3.63) is 0 Å². The van der Waals surface area contributed by atoms with Crippen LogP contribution in [0.1, 0.15) is 13.3 Å². The van der Waals surface area contributed by atoms with Crippen LogP contribution in [-0.4, -0.2) is 87.2 Å². The van der Waals surface area contributed by atoms with Crippen LogP contribution in [0.5, 0.6) is 0 Å². The normalized spacial score (nSPS) is 24.7. The predicted octanol–water partition coefficient (Wildman–Crippen LogP) is 0.0347. The Bertz CT molecular complexity index is 226. The second kappa shape index (κ2) is 8.07. The van der Waals surface area contributed by atoms with E-state index >= 15 is 0 Å². The molecule has 1 heterocycles. The highest BCUT2D eigenvalue weighted by atomic mass is 16.5. The van der Waals surface area contributed by atoms with E-state index in [1.807, 2.05) is 6.92 Å². The lowest BCUT2D eigenvalue weighted by Crippen LogP contribution is -2.37. The predicted molar refractivity (Wildman–Crippen MR) is 71.8 cm³/mol. The third-order valence-electron chi connectivity index (χ3n) is 3.42. The van der Waals surface area contributed by atoms with Gasteiger partial charge in [-0.1, -0.05) is 0 Å². The Balaban J connectivity index is 2.15. The van der Waals surface area contributed by atoms with Crippen LogP contribution in [0.3, 0.4) is 0 Å². The highest BCUT2D eigenvalue weighted by molar-refractivity contribution is 4.81. The van der Waals surface area contributed by atoms with Crippen LogP contribution in [-0.2, 0) is 9.47 Å². The average Bonchev–Trinajstić information content (AvgIpc) is 2.75. The quantitative estimate of drug-likeness (QED) is 0.667. The summed E-state index contributed by atoms with van der Waals surface area (Å²) in [6.07, 6.45) is 0.809. The minimum absolute atomic E-state index is 0.0396. The molecule has 0 aromatic rings. The molecular formula is C13H28N2O3. The molecule has 5 nitrogen and oxygen atoms in total. The number of aliphatic hydroxyl groups excluding tert-OH is 1. The first-order valence-electron chi connectivity index (χ1n) is 6.70. The van der Waals surface area contributed by atoms with E-state index in [9.17, 15) is 5.11 Å². The second-order valence-corrected chi connectivity index (χ2v) is 5.42. The molecular weight excluding hydrogens is 232 g/mol. The standard InChI is InChI=1S/C13H28N2O3/c1-11(9-17-4)18-10-13(16)8-15-6-5-12(7-15)14(2)3/h11-13,16H,5-10H2,1-4H3. The summed E-state index contributed by atoms with van der Waals surface area (Å²) in [5.74, 6) is 0. The van der Waals surface area contributed by atoms with Gasteiger partial charge >= 0.3 is 0 Å². The van der Waals surface area contributed by atoms with Crippen molar-refractivity contribution >= 4 is 0 Å². The number of aliphatic hydroxyl groups is 1. The molecule has 1 N–H and O–H groups in total. The first-order valence-corrected chi connectivity index (χ1v) is 6.70. The topological polar surface area (TPSA) is 45.2 Å². The average molecular weight is 260 g/mol. The first-order chi connectivity index (χ1) is 8.52. The molecule has 1 fully saturated rings. The van der Waals surface area contributed by atoms with E-state index in [-0.39, 0.29) is 6.10 Å². The van der Waals surface area contributed by atoms with Gasteiger partial charge in [-0.2, -0.15) is 0 Å². The summed E-state index contributed by atoms with van der Waals surface area (Å²) in [4.78, 5) is 4.56. The van der Waals surface area contributed by atoms with E-state index in [2.05, 4.69) is 23.9 Å². The molecule has 0 spiro atoms. The summed E-state index contributed by atoms with van der Waals surface area (Å²) < 4.78 is 10.5. The van der Waals surface area contributed by atoms with Gasteiger partial charge in [0.25, 0.3) is 0 Å². The summed E-state index contributed by atoms with van der Waals surface area (Å²) in [7, 11) is 5.88. The van der Waals surface area contributed by atoms with E-state index < -0.39 is 6.10 Å². The minimum Gasteiger partial charge on any atom is -0.389 e. The Hall–Kier alpha value is -0.200. The third kappa shape index (κ3) is 5.63. The number of methoxy groups -OCH3 is 1. The maximum atomic E-state index is 9.93. The fourth-order valence-corrected chi connectivity index (χ4v) is 2.31. The van der Waals surface area contributed by atoms with E-state index in [4.69, 9.17) is 9.47 Å². The number of nitrogens with zero attached hydrogens (tertiary/aromatic N) is 2.